The molecule has 0 aromatic heterocycles. The summed E-state index contributed by atoms with van der Waals surface area (Å²) in [6.45, 7) is 6.01. The van der Waals surface area contributed by atoms with Crippen molar-refractivity contribution in [2.75, 3.05) is 6.54 Å². The van der Waals surface area contributed by atoms with Crippen LogP contribution in [0, 0.1) is 0 Å². The van der Waals surface area contributed by atoms with E-state index in [2.05, 4.69) is 10.6 Å². The Morgan fingerprint density at radius 1 is 1.19 bits per heavy atom. The van der Waals surface area contributed by atoms with Crippen molar-refractivity contribution in [3.05, 3.63) is 35.9 Å². The summed E-state index contributed by atoms with van der Waals surface area (Å²) in [7, 11) is 0. The van der Waals surface area contributed by atoms with E-state index in [9.17, 15) is 9.59 Å². The molecule has 0 aliphatic rings. The van der Waals surface area contributed by atoms with E-state index in [-0.39, 0.29) is 42.7 Å². The van der Waals surface area contributed by atoms with Crippen LogP contribution in [0.1, 0.15) is 38.8 Å². The molecule has 0 heterocycles. The molecule has 0 aliphatic heterocycles. The summed E-state index contributed by atoms with van der Waals surface area (Å²) < 4.78 is 0. The minimum Gasteiger partial charge on any atom is -0.354 e. The zero-order chi connectivity index (χ0) is 15.2. The maximum atomic E-state index is 11.8. The highest BCUT2D eigenvalue weighted by atomic mass is 35.5. The third-order valence-corrected chi connectivity index (χ3v) is 2.61. The highest BCUT2D eigenvalue weighted by molar-refractivity contribution is 5.85. The van der Waals surface area contributed by atoms with Gasteiger partial charge in [0.15, 0.2) is 0 Å². The standard InChI is InChI=1S/C15H23N3O2.ClH/c1-15(2,3)18-12(19)9-10-17-14(20)13(16)11-7-5-4-6-8-11;/h4-8,13H,9-10,16H2,1-3H3,(H,17,20)(H,18,19);1H. The van der Waals surface area contributed by atoms with Crippen LogP contribution in [0.2, 0.25) is 0 Å². The summed E-state index contributed by atoms with van der Waals surface area (Å²) in [6, 6.07) is 8.43. The van der Waals surface area contributed by atoms with Crippen molar-refractivity contribution in [2.24, 2.45) is 5.73 Å². The van der Waals surface area contributed by atoms with Crippen molar-refractivity contribution in [3.8, 4) is 0 Å². The van der Waals surface area contributed by atoms with E-state index in [1.807, 2.05) is 39.0 Å². The van der Waals surface area contributed by atoms with Gasteiger partial charge in [0.05, 0.1) is 0 Å². The van der Waals surface area contributed by atoms with Crippen LogP contribution in [0.4, 0.5) is 0 Å². The van der Waals surface area contributed by atoms with Gasteiger partial charge in [0.2, 0.25) is 11.8 Å². The van der Waals surface area contributed by atoms with Gasteiger partial charge in [-0.1, -0.05) is 30.3 Å². The van der Waals surface area contributed by atoms with E-state index in [4.69, 9.17) is 5.73 Å². The SMILES string of the molecule is CC(C)(C)NC(=O)CCNC(=O)C(N)c1ccccc1.Cl. The largest absolute Gasteiger partial charge is 0.354 e. The van der Waals surface area contributed by atoms with Gasteiger partial charge in [0.25, 0.3) is 0 Å². The Kier molecular flexibility index (Phi) is 7.99. The highest BCUT2D eigenvalue weighted by Crippen LogP contribution is 2.09. The molecule has 4 N–H and O–H groups in total. The molecule has 0 radical (unpaired) electrons. The van der Waals surface area contributed by atoms with Crippen LogP contribution in [0.15, 0.2) is 30.3 Å². The zero-order valence-corrected chi connectivity index (χ0v) is 13.5. The molecular weight excluding hydrogens is 290 g/mol. The van der Waals surface area contributed by atoms with Gasteiger partial charge in [-0.05, 0) is 26.3 Å². The maximum Gasteiger partial charge on any atom is 0.241 e. The average molecular weight is 314 g/mol. The smallest absolute Gasteiger partial charge is 0.241 e. The summed E-state index contributed by atoms with van der Waals surface area (Å²) in [4.78, 5) is 23.4. The molecule has 0 saturated heterocycles. The Bertz CT molecular complexity index is 458. The molecule has 1 aromatic carbocycles. The lowest BCUT2D eigenvalue weighted by atomic mass is 10.1. The molecule has 0 fully saturated rings. The van der Waals surface area contributed by atoms with Crippen LogP contribution in [0.25, 0.3) is 0 Å². The molecule has 2 amide bonds. The molecule has 1 atom stereocenters. The first-order valence-electron chi connectivity index (χ1n) is 6.69. The second kappa shape index (κ2) is 8.64. The van der Waals surface area contributed by atoms with Gasteiger partial charge >= 0.3 is 0 Å². The van der Waals surface area contributed by atoms with Crippen molar-refractivity contribution in [2.45, 2.75) is 38.8 Å². The van der Waals surface area contributed by atoms with E-state index in [0.717, 1.165) is 5.56 Å². The molecular formula is C15H24ClN3O2. The lowest BCUT2D eigenvalue weighted by molar-refractivity contribution is -0.123. The quantitative estimate of drug-likeness (QED) is 0.770. The summed E-state index contributed by atoms with van der Waals surface area (Å²) in [5, 5.41) is 5.51. The zero-order valence-electron chi connectivity index (χ0n) is 12.7. The summed E-state index contributed by atoms with van der Waals surface area (Å²) >= 11 is 0. The number of nitrogens with two attached hydrogens (primary N) is 1. The predicted octanol–water partition coefficient (Wildman–Crippen LogP) is 1.53. The van der Waals surface area contributed by atoms with Crippen LogP contribution in [0.3, 0.4) is 0 Å². The van der Waals surface area contributed by atoms with Gasteiger partial charge in [-0.3, -0.25) is 9.59 Å². The number of nitrogens with one attached hydrogen (secondary N) is 2. The van der Waals surface area contributed by atoms with Crippen molar-refractivity contribution in [1.82, 2.24) is 10.6 Å². The van der Waals surface area contributed by atoms with Gasteiger partial charge in [0.1, 0.15) is 6.04 Å². The number of halogens is 1. The summed E-state index contributed by atoms with van der Waals surface area (Å²) in [5.41, 5.74) is 6.34. The first-order valence-corrected chi connectivity index (χ1v) is 6.69. The maximum absolute atomic E-state index is 11.8. The Balaban J connectivity index is 0.00000400. The van der Waals surface area contributed by atoms with Crippen molar-refractivity contribution >= 4 is 24.2 Å². The number of hydrogen-bond acceptors (Lipinski definition) is 3. The molecule has 118 valence electrons. The molecule has 0 saturated carbocycles. The van der Waals surface area contributed by atoms with Gasteiger partial charge in [-0.15, -0.1) is 12.4 Å². The van der Waals surface area contributed by atoms with Crippen LogP contribution < -0.4 is 16.4 Å². The molecule has 1 rings (SSSR count). The molecule has 0 bridgehead atoms. The van der Waals surface area contributed by atoms with Crippen molar-refractivity contribution in [3.63, 3.8) is 0 Å². The van der Waals surface area contributed by atoms with Crippen LogP contribution >= 0.6 is 12.4 Å². The minimum atomic E-state index is -0.707. The monoisotopic (exact) mass is 313 g/mol. The van der Waals surface area contributed by atoms with Crippen LogP contribution in [-0.2, 0) is 9.59 Å². The third kappa shape index (κ3) is 7.68. The second-order valence-corrected chi connectivity index (χ2v) is 5.73. The molecule has 21 heavy (non-hydrogen) atoms. The molecule has 0 spiro atoms. The Morgan fingerprint density at radius 2 is 1.76 bits per heavy atom. The number of benzene rings is 1. The van der Waals surface area contributed by atoms with Crippen molar-refractivity contribution < 1.29 is 9.59 Å². The third-order valence-electron chi connectivity index (χ3n) is 2.61. The first kappa shape index (κ1) is 19.4. The highest BCUT2D eigenvalue weighted by Gasteiger charge is 2.16. The predicted molar refractivity (Wildman–Crippen MR) is 86.1 cm³/mol. The number of carbonyl (C=O) groups is 2. The lowest BCUT2D eigenvalue weighted by Crippen LogP contribution is -2.42. The average Bonchev–Trinajstić information content (AvgIpc) is 2.36. The van der Waals surface area contributed by atoms with Gasteiger partial charge in [-0.2, -0.15) is 0 Å². The van der Waals surface area contributed by atoms with Crippen molar-refractivity contribution in [1.29, 1.82) is 0 Å². The van der Waals surface area contributed by atoms with Crippen LogP contribution in [0.5, 0.6) is 0 Å². The lowest BCUT2D eigenvalue weighted by Gasteiger charge is -2.20. The Morgan fingerprint density at radius 3 is 2.29 bits per heavy atom. The fourth-order valence-electron chi connectivity index (χ4n) is 1.70. The summed E-state index contributed by atoms with van der Waals surface area (Å²) in [5.74, 6) is -0.370. The molecule has 1 unspecified atom stereocenters. The van der Waals surface area contributed by atoms with Crippen LogP contribution in [-0.4, -0.2) is 23.9 Å². The fourth-order valence-corrected chi connectivity index (χ4v) is 1.70. The van der Waals surface area contributed by atoms with E-state index in [1.165, 1.54) is 0 Å². The Labute approximate surface area is 132 Å². The molecule has 5 nitrogen and oxygen atoms in total. The normalized spacial score (nSPS) is 12.0. The van der Waals surface area contributed by atoms with E-state index in [0.29, 0.717) is 0 Å². The van der Waals surface area contributed by atoms with E-state index >= 15 is 0 Å². The van der Waals surface area contributed by atoms with E-state index in [1.54, 1.807) is 12.1 Å². The minimum absolute atomic E-state index is 0. The fraction of sp³-hybridized carbons (Fsp3) is 0.467. The Hall–Kier alpha value is -1.59. The number of carbonyl (C=O) groups excluding carboxylic acids is 2. The molecule has 0 aliphatic carbocycles. The molecule has 1 aromatic rings. The molecule has 6 heteroatoms. The van der Waals surface area contributed by atoms with E-state index < -0.39 is 6.04 Å². The second-order valence-electron chi connectivity index (χ2n) is 5.73. The van der Waals surface area contributed by atoms with Gasteiger partial charge < -0.3 is 16.4 Å². The number of rotatable bonds is 5. The number of amides is 2. The first-order chi connectivity index (χ1) is 9.29. The topological polar surface area (TPSA) is 84.2 Å². The number of hydrogen-bond donors (Lipinski definition) is 3. The van der Waals surface area contributed by atoms with Gasteiger partial charge in [0, 0.05) is 18.5 Å². The van der Waals surface area contributed by atoms with Gasteiger partial charge in [-0.25, -0.2) is 0 Å². The summed E-state index contributed by atoms with van der Waals surface area (Å²) in [6.07, 6.45) is 0.241.